The molecule has 1 aliphatic rings. The van der Waals surface area contributed by atoms with Crippen molar-refractivity contribution >= 4 is 11.8 Å². The lowest BCUT2D eigenvalue weighted by Gasteiger charge is -2.35. The topological polar surface area (TPSA) is 84.7 Å². The second kappa shape index (κ2) is 12.2. The molecule has 1 aliphatic heterocycles. The molecule has 0 saturated carbocycles. The van der Waals surface area contributed by atoms with Crippen molar-refractivity contribution in [3.63, 3.8) is 0 Å². The molecule has 1 heterocycles. The fraction of sp³-hybridized carbons (Fsp3) is 0.310. The van der Waals surface area contributed by atoms with E-state index in [2.05, 4.69) is 17.4 Å². The lowest BCUT2D eigenvalue weighted by atomic mass is 9.99. The molecule has 1 fully saturated rings. The van der Waals surface area contributed by atoms with E-state index < -0.39 is 5.91 Å². The Bertz CT molecular complexity index is 1110. The first-order chi connectivity index (χ1) is 17.1. The van der Waals surface area contributed by atoms with Crippen LogP contribution in [0.5, 0.6) is 5.75 Å². The number of piperidine rings is 1. The van der Waals surface area contributed by atoms with Gasteiger partial charge in [-0.15, -0.1) is 0 Å². The third kappa shape index (κ3) is 6.93. The second-order valence-corrected chi connectivity index (χ2v) is 8.95. The van der Waals surface area contributed by atoms with Crippen molar-refractivity contribution in [1.29, 1.82) is 0 Å². The molecular formula is C29H33N3O3. The van der Waals surface area contributed by atoms with E-state index in [4.69, 9.17) is 10.5 Å². The first-order valence-corrected chi connectivity index (χ1v) is 12.2. The van der Waals surface area contributed by atoms with E-state index in [1.165, 1.54) is 0 Å². The summed E-state index contributed by atoms with van der Waals surface area (Å²) in [5.74, 6) is 0.163. The third-order valence-electron chi connectivity index (χ3n) is 6.47. The minimum atomic E-state index is -0.517. The Morgan fingerprint density at radius 3 is 2.23 bits per heavy atom. The van der Waals surface area contributed by atoms with Gasteiger partial charge in [0.05, 0.1) is 0 Å². The van der Waals surface area contributed by atoms with Crippen LogP contribution in [0.1, 0.15) is 46.3 Å². The van der Waals surface area contributed by atoms with Crippen LogP contribution in [-0.2, 0) is 24.4 Å². The van der Waals surface area contributed by atoms with Crippen molar-refractivity contribution in [3.8, 4) is 5.75 Å². The Balaban J connectivity index is 1.43. The molecule has 1 saturated heterocycles. The average Bonchev–Trinajstić information content (AvgIpc) is 2.91. The van der Waals surface area contributed by atoms with E-state index in [1.54, 1.807) is 6.07 Å². The minimum Gasteiger partial charge on any atom is -0.489 e. The highest BCUT2D eigenvalue weighted by Gasteiger charge is 2.25. The van der Waals surface area contributed by atoms with Gasteiger partial charge in [-0.3, -0.25) is 9.59 Å². The van der Waals surface area contributed by atoms with E-state index in [9.17, 15) is 9.59 Å². The molecule has 0 aromatic heterocycles. The molecule has 0 atom stereocenters. The Morgan fingerprint density at radius 1 is 0.914 bits per heavy atom. The zero-order valence-corrected chi connectivity index (χ0v) is 20.0. The van der Waals surface area contributed by atoms with Crippen molar-refractivity contribution in [2.45, 2.75) is 44.9 Å². The van der Waals surface area contributed by atoms with Crippen LogP contribution in [0.3, 0.4) is 0 Å². The van der Waals surface area contributed by atoms with E-state index in [0.29, 0.717) is 37.3 Å². The van der Waals surface area contributed by atoms with E-state index in [-0.39, 0.29) is 11.9 Å². The van der Waals surface area contributed by atoms with Gasteiger partial charge < -0.3 is 20.7 Å². The average molecular weight is 472 g/mol. The molecular weight excluding hydrogens is 438 g/mol. The summed E-state index contributed by atoms with van der Waals surface area (Å²) in [7, 11) is 0. The zero-order chi connectivity index (χ0) is 24.5. The van der Waals surface area contributed by atoms with Gasteiger partial charge in [-0.2, -0.15) is 0 Å². The molecule has 0 unspecified atom stereocenters. The van der Waals surface area contributed by atoms with Gasteiger partial charge in [-0.05, 0) is 61.2 Å². The highest BCUT2D eigenvalue weighted by molar-refractivity contribution is 5.95. The van der Waals surface area contributed by atoms with E-state index in [1.807, 2.05) is 65.6 Å². The summed E-state index contributed by atoms with van der Waals surface area (Å²) >= 11 is 0. The van der Waals surface area contributed by atoms with Crippen LogP contribution in [0.15, 0.2) is 78.9 Å². The fourth-order valence-electron chi connectivity index (χ4n) is 4.54. The summed E-state index contributed by atoms with van der Waals surface area (Å²) < 4.78 is 5.86. The number of benzene rings is 3. The number of primary amides is 1. The number of hydrogen-bond donors (Lipinski definition) is 2. The van der Waals surface area contributed by atoms with Crippen molar-refractivity contribution in [1.82, 2.24) is 10.2 Å². The summed E-state index contributed by atoms with van der Waals surface area (Å²) in [4.78, 5) is 27.6. The van der Waals surface area contributed by atoms with Crippen LogP contribution in [0.25, 0.3) is 0 Å². The lowest BCUT2D eigenvalue weighted by molar-refractivity contribution is -0.134. The summed E-state index contributed by atoms with van der Waals surface area (Å²) in [6, 6.07) is 25.5. The molecule has 35 heavy (non-hydrogen) atoms. The van der Waals surface area contributed by atoms with Crippen LogP contribution in [-0.4, -0.2) is 35.8 Å². The normalized spacial score (nSPS) is 13.8. The van der Waals surface area contributed by atoms with Crippen molar-refractivity contribution in [2.75, 3.05) is 13.1 Å². The first kappa shape index (κ1) is 24.5. The standard InChI is InChI=1S/C29H33N3O3/c30-29(34)27-19-26(35-21-23-9-5-2-6-10-23)13-11-24(27)12-14-28(33)32(25-15-17-31-18-16-25)20-22-7-3-1-4-8-22/h1-11,13,19,25,31H,12,14-18,20-21H2,(H2,30,34). The van der Waals surface area contributed by atoms with Crippen LogP contribution in [0.4, 0.5) is 0 Å². The number of nitrogens with one attached hydrogen (secondary N) is 1. The predicted molar refractivity (Wildman–Crippen MR) is 137 cm³/mol. The van der Waals surface area contributed by atoms with Gasteiger partial charge in [0.2, 0.25) is 11.8 Å². The van der Waals surface area contributed by atoms with Gasteiger partial charge in [0.25, 0.3) is 0 Å². The Kier molecular flexibility index (Phi) is 8.52. The fourth-order valence-corrected chi connectivity index (χ4v) is 4.54. The van der Waals surface area contributed by atoms with Crippen molar-refractivity contribution < 1.29 is 14.3 Å². The maximum Gasteiger partial charge on any atom is 0.249 e. The monoisotopic (exact) mass is 471 g/mol. The van der Waals surface area contributed by atoms with Gasteiger partial charge in [0, 0.05) is 24.6 Å². The summed E-state index contributed by atoms with van der Waals surface area (Å²) in [5, 5.41) is 3.37. The molecule has 3 aromatic carbocycles. The number of amides is 2. The number of carbonyl (C=O) groups is 2. The Hall–Kier alpha value is -3.64. The third-order valence-corrected chi connectivity index (χ3v) is 6.47. The van der Waals surface area contributed by atoms with Gasteiger partial charge >= 0.3 is 0 Å². The van der Waals surface area contributed by atoms with Gasteiger partial charge in [-0.1, -0.05) is 66.7 Å². The molecule has 0 spiro atoms. The predicted octanol–water partition coefficient (Wildman–Crippen LogP) is 4.08. The number of nitrogens with zero attached hydrogens (tertiary/aromatic N) is 1. The molecule has 0 radical (unpaired) electrons. The second-order valence-electron chi connectivity index (χ2n) is 8.95. The Labute approximate surface area is 207 Å². The van der Waals surface area contributed by atoms with Crippen LogP contribution < -0.4 is 15.8 Å². The SMILES string of the molecule is NC(=O)c1cc(OCc2ccccc2)ccc1CCC(=O)N(Cc1ccccc1)C1CCNCC1. The number of ether oxygens (including phenoxy) is 1. The van der Waals surface area contributed by atoms with Gasteiger partial charge in [-0.25, -0.2) is 0 Å². The van der Waals surface area contributed by atoms with Gasteiger partial charge in [0.15, 0.2) is 0 Å². The van der Waals surface area contributed by atoms with Crippen LogP contribution in [0, 0.1) is 0 Å². The molecule has 0 bridgehead atoms. The summed E-state index contributed by atoms with van der Waals surface area (Å²) in [6.45, 7) is 2.83. The number of rotatable bonds is 10. The highest BCUT2D eigenvalue weighted by atomic mass is 16.5. The molecule has 3 N–H and O–H groups in total. The number of aryl methyl sites for hydroxylation is 1. The van der Waals surface area contributed by atoms with E-state index in [0.717, 1.165) is 42.6 Å². The minimum absolute atomic E-state index is 0.0978. The summed E-state index contributed by atoms with van der Waals surface area (Å²) in [5.41, 5.74) is 9.01. The number of nitrogens with two attached hydrogens (primary N) is 1. The number of hydrogen-bond acceptors (Lipinski definition) is 4. The molecule has 0 aliphatic carbocycles. The molecule has 182 valence electrons. The Morgan fingerprint density at radius 2 is 1.57 bits per heavy atom. The molecule has 4 rings (SSSR count). The molecule has 3 aromatic rings. The van der Waals surface area contributed by atoms with Crippen molar-refractivity contribution in [3.05, 3.63) is 101 Å². The molecule has 6 heteroatoms. The quantitative estimate of drug-likeness (QED) is 0.467. The molecule has 2 amide bonds. The smallest absolute Gasteiger partial charge is 0.249 e. The van der Waals surface area contributed by atoms with Gasteiger partial charge in [0.1, 0.15) is 12.4 Å². The highest BCUT2D eigenvalue weighted by Crippen LogP contribution is 2.22. The summed E-state index contributed by atoms with van der Waals surface area (Å²) in [6.07, 6.45) is 2.66. The zero-order valence-electron chi connectivity index (χ0n) is 20.0. The van der Waals surface area contributed by atoms with E-state index >= 15 is 0 Å². The first-order valence-electron chi connectivity index (χ1n) is 12.2. The van der Waals surface area contributed by atoms with Crippen LogP contribution in [0.2, 0.25) is 0 Å². The van der Waals surface area contributed by atoms with Crippen molar-refractivity contribution in [2.24, 2.45) is 5.73 Å². The molecule has 6 nitrogen and oxygen atoms in total. The largest absolute Gasteiger partial charge is 0.489 e. The number of carbonyl (C=O) groups excluding carboxylic acids is 2. The van der Waals surface area contributed by atoms with Crippen LogP contribution >= 0.6 is 0 Å². The maximum absolute atomic E-state index is 13.4. The lowest BCUT2D eigenvalue weighted by Crippen LogP contribution is -2.45. The maximum atomic E-state index is 13.4.